The molecule has 0 atom stereocenters. The number of aryl methyl sites for hydroxylation is 1. The minimum atomic E-state index is -4.02. The first-order valence-corrected chi connectivity index (χ1v) is 13.5. The van der Waals surface area contributed by atoms with Crippen molar-refractivity contribution in [3.63, 3.8) is 0 Å². The predicted octanol–water partition coefficient (Wildman–Crippen LogP) is 5.34. The second-order valence-electron chi connectivity index (χ2n) is 8.24. The molecule has 1 heterocycles. The maximum atomic E-state index is 13.4. The molecule has 0 saturated carbocycles. The fourth-order valence-corrected chi connectivity index (χ4v) is 5.73. The summed E-state index contributed by atoms with van der Waals surface area (Å²) in [6.07, 6.45) is 1.50. The van der Waals surface area contributed by atoms with Crippen molar-refractivity contribution >= 4 is 43.8 Å². The summed E-state index contributed by atoms with van der Waals surface area (Å²) in [6.45, 7) is 3.33. The highest BCUT2D eigenvalue weighted by molar-refractivity contribution is 9.10. The third-order valence-corrected chi connectivity index (χ3v) is 7.94. The van der Waals surface area contributed by atoms with Gasteiger partial charge in [-0.2, -0.15) is 5.10 Å². The second kappa shape index (κ2) is 11.1. The zero-order chi connectivity index (χ0) is 26.6. The average molecular weight is 583 g/mol. The number of hydrogen-bond acceptors (Lipinski definition) is 4. The van der Waals surface area contributed by atoms with Crippen molar-refractivity contribution < 1.29 is 17.6 Å². The number of hydrazone groups is 1. The van der Waals surface area contributed by atoms with Crippen LogP contribution in [0.5, 0.6) is 0 Å². The van der Waals surface area contributed by atoms with Crippen LogP contribution in [0.1, 0.15) is 17.0 Å². The third kappa shape index (κ3) is 5.98. The van der Waals surface area contributed by atoms with Gasteiger partial charge in [-0.15, -0.1) is 0 Å². The molecule has 0 aliphatic heterocycles. The summed E-state index contributed by atoms with van der Waals surface area (Å²) in [5, 5.41) is 4.06. The van der Waals surface area contributed by atoms with Crippen LogP contribution in [-0.2, 0) is 14.8 Å². The van der Waals surface area contributed by atoms with E-state index in [1.165, 1.54) is 30.5 Å². The standard InChI is InChI=1S/C27H24BrFN4O3S/c1-19-15-21(20(2)33(19)24-13-11-23(29)12-14-24)17-30-31-27(34)18-32(25-8-6-7-22(28)16-25)37(35,36)26-9-4-3-5-10-26/h3-17H,18H2,1-2H3,(H,31,34)/b30-17+. The van der Waals surface area contributed by atoms with Crippen LogP contribution in [-0.4, -0.2) is 31.7 Å². The van der Waals surface area contributed by atoms with Crippen LogP contribution in [0.4, 0.5) is 10.1 Å². The van der Waals surface area contributed by atoms with Crippen LogP contribution in [0.15, 0.2) is 99.4 Å². The largest absolute Gasteiger partial charge is 0.318 e. The van der Waals surface area contributed by atoms with E-state index in [0.29, 0.717) is 10.2 Å². The SMILES string of the molecule is Cc1cc(/C=N/NC(=O)CN(c2cccc(Br)c2)S(=O)(=O)c2ccccc2)c(C)n1-c1ccc(F)cc1. The van der Waals surface area contributed by atoms with E-state index >= 15 is 0 Å². The van der Waals surface area contributed by atoms with Crippen molar-refractivity contribution in [3.8, 4) is 5.69 Å². The maximum Gasteiger partial charge on any atom is 0.264 e. The Morgan fingerprint density at radius 1 is 1.03 bits per heavy atom. The number of anilines is 1. The summed E-state index contributed by atoms with van der Waals surface area (Å²) in [7, 11) is -4.02. The zero-order valence-corrected chi connectivity index (χ0v) is 22.5. The quantitative estimate of drug-likeness (QED) is 0.225. The molecule has 7 nitrogen and oxygen atoms in total. The Kier molecular flexibility index (Phi) is 7.89. The molecule has 4 rings (SSSR count). The highest BCUT2D eigenvalue weighted by atomic mass is 79.9. The maximum absolute atomic E-state index is 13.4. The van der Waals surface area contributed by atoms with Crippen LogP contribution in [0.2, 0.25) is 0 Å². The zero-order valence-electron chi connectivity index (χ0n) is 20.1. The fourth-order valence-electron chi connectivity index (χ4n) is 3.91. The van der Waals surface area contributed by atoms with Crippen LogP contribution < -0.4 is 9.73 Å². The van der Waals surface area contributed by atoms with Crippen molar-refractivity contribution in [2.45, 2.75) is 18.7 Å². The lowest BCUT2D eigenvalue weighted by atomic mass is 10.2. The minimum Gasteiger partial charge on any atom is -0.318 e. The molecule has 0 radical (unpaired) electrons. The van der Waals surface area contributed by atoms with Crippen LogP contribution in [0.3, 0.4) is 0 Å². The Morgan fingerprint density at radius 3 is 2.41 bits per heavy atom. The highest BCUT2D eigenvalue weighted by Crippen LogP contribution is 2.26. The number of benzene rings is 3. The summed E-state index contributed by atoms with van der Waals surface area (Å²) < 4.78 is 43.8. The lowest BCUT2D eigenvalue weighted by molar-refractivity contribution is -0.119. The van der Waals surface area contributed by atoms with Gasteiger partial charge in [0.1, 0.15) is 12.4 Å². The van der Waals surface area contributed by atoms with Gasteiger partial charge in [-0.05, 0) is 74.5 Å². The Bertz CT molecular complexity index is 1550. The minimum absolute atomic E-state index is 0.0690. The summed E-state index contributed by atoms with van der Waals surface area (Å²) in [6, 6.07) is 22.7. The number of nitrogens with one attached hydrogen (secondary N) is 1. The van der Waals surface area contributed by atoms with Gasteiger partial charge in [0.25, 0.3) is 15.9 Å². The van der Waals surface area contributed by atoms with Crippen molar-refractivity contribution in [1.82, 2.24) is 9.99 Å². The van der Waals surface area contributed by atoms with Crippen LogP contribution >= 0.6 is 15.9 Å². The second-order valence-corrected chi connectivity index (χ2v) is 11.0. The number of hydrogen-bond donors (Lipinski definition) is 1. The van der Waals surface area contributed by atoms with Crippen molar-refractivity contribution in [2.75, 3.05) is 10.8 Å². The van der Waals surface area contributed by atoms with Gasteiger partial charge in [0.15, 0.2) is 0 Å². The van der Waals surface area contributed by atoms with Gasteiger partial charge >= 0.3 is 0 Å². The number of carbonyl (C=O) groups is 1. The molecule has 4 aromatic rings. The molecule has 10 heteroatoms. The van der Waals surface area contributed by atoms with E-state index in [1.54, 1.807) is 54.6 Å². The molecule has 0 spiro atoms. The molecule has 1 aromatic heterocycles. The normalized spacial score (nSPS) is 11.6. The molecule has 1 N–H and O–H groups in total. The molecule has 0 unspecified atom stereocenters. The van der Waals surface area contributed by atoms with Gasteiger partial charge in [0.05, 0.1) is 16.8 Å². The lowest BCUT2D eigenvalue weighted by Crippen LogP contribution is -2.39. The number of rotatable bonds is 8. The fraction of sp³-hybridized carbons (Fsp3) is 0.111. The van der Waals surface area contributed by atoms with Crippen molar-refractivity contribution in [2.24, 2.45) is 5.10 Å². The Morgan fingerprint density at radius 2 is 1.73 bits per heavy atom. The predicted molar refractivity (Wildman–Crippen MR) is 146 cm³/mol. The third-order valence-electron chi connectivity index (χ3n) is 5.66. The molecule has 1 amide bonds. The van der Waals surface area contributed by atoms with Crippen molar-refractivity contribution in [1.29, 1.82) is 0 Å². The number of nitrogens with zero attached hydrogens (tertiary/aromatic N) is 3. The summed E-state index contributed by atoms with van der Waals surface area (Å²) in [4.78, 5) is 12.9. The summed E-state index contributed by atoms with van der Waals surface area (Å²) in [5.41, 5.74) is 6.07. The van der Waals surface area contributed by atoms with Gasteiger partial charge in [0.2, 0.25) is 0 Å². The number of sulfonamides is 1. The Balaban J connectivity index is 1.54. The molecular formula is C27H24BrFN4O3S. The van der Waals surface area contributed by atoms with Gasteiger partial charge in [-0.25, -0.2) is 18.2 Å². The van der Waals surface area contributed by atoms with E-state index in [2.05, 4.69) is 26.5 Å². The van der Waals surface area contributed by atoms with E-state index in [-0.39, 0.29) is 10.7 Å². The van der Waals surface area contributed by atoms with Crippen LogP contribution in [0, 0.1) is 19.7 Å². The average Bonchev–Trinajstić information content (AvgIpc) is 3.16. The van der Waals surface area contributed by atoms with Crippen LogP contribution in [0.25, 0.3) is 5.69 Å². The summed E-state index contributed by atoms with van der Waals surface area (Å²) >= 11 is 3.36. The van der Waals surface area contributed by atoms with E-state index < -0.39 is 22.5 Å². The monoisotopic (exact) mass is 582 g/mol. The molecule has 0 aliphatic rings. The molecule has 0 bridgehead atoms. The topological polar surface area (TPSA) is 83.8 Å². The number of halogens is 2. The number of aromatic nitrogens is 1. The van der Waals surface area contributed by atoms with Gasteiger partial charge in [-0.1, -0.05) is 40.2 Å². The lowest BCUT2D eigenvalue weighted by Gasteiger charge is -2.23. The molecule has 3 aromatic carbocycles. The van der Waals surface area contributed by atoms with Gasteiger partial charge in [0, 0.05) is 27.1 Å². The van der Waals surface area contributed by atoms with Gasteiger partial charge in [-0.3, -0.25) is 9.10 Å². The number of amides is 1. The molecule has 37 heavy (non-hydrogen) atoms. The Hall–Kier alpha value is -3.76. The Labute approximate surface area is 223 Å². The number of carbonyl (C=O) groups excluding carboxylic acids is 1. The van der Waals surface area contributed by atoms with Crippen molar-refractivity contribution in [3.05, 3.63) is 112 Å². The highest BCUT2D eigenvalue weighted by Gasteiger charge is 2.27. The summed E-state index contributed by atoms with van der Waals surface area (Å²) in [5.74, 6) is -0.926. The molecule has 0 fully saturated rings. The first-order valence-electron chi connectivity index (χ1n) is 11.3. The van der Waals surface area contributed by atoms with E-state index in [9.17, 15) is 17.6 Å². The van der Waals surface area contributed by atoms with E-state index in [1.807, 2.05) is 24.5 Å². The van der Waals surface area contributed by atoms with E-state index in [4.69, 9.17) is 0 Å². The molecule has 0 aliphatic carbocycles. The molecule has 0 saturated heterocycles. The first kappa shape index (κ1) is 26.3. The smallest absolute Gasteiger partial charge is 0.264 e. The molecular weight excluding hydrogens is 559 g/mol. The molecule has 190 valence electrons. The van der Waals surface area contributed by atoms with E-state index in [0.717, 1.165) is 26.9 Å². The van der Waals surface area contributed by atoms with Gasteiger partial charge < -0.3 is 4.57 Å². The first-order chi connectivity index (χ1) is 17.7.